The molecule has 1 saturated heterocycles. The van der Waals surface area contributed by atoms with Crippen molar-refractivity contribution < 1.29 is 13.9 Å². The predicted octanol–water partition coefficient (Wildman–Crippen LogP) is 5.11. The van der Waals surface area contributed by atoms with E-state index < -0.39 is 8.32 Å². The zero-order chi connectivity index (χ0) is 15.9. The smallest absolute Gasteiger partial charge is 0.192 e. The third-order valence-electron chi connectivity index (χ3n) is 4.75. The van der Waals surface area contributed by atoms with Gasteiger partial charge >= 0.3 is 0 Å². The first-order chi connectivity index (χ1) is 9.72. The Bertz CT molecular complexity index is 280. The van der Waals surface area contributed by atoms with Crippen molar-refractivity contribution in [3.63, 3.8) is 0 Å². The molecule has 3 nitrogen and oxygen atoms in total. The summed E-state index contributed by atoms with van der Waals surface area (Å²) in [6.45, 7) is 15.4. The largest absolute Gasteiger partial charge is 0.414 e. The van der Waals surface area contributed by atoms with E-state index in [4.69, 9.17) is 13.9 Å². The summed E-state index contributed by atoms with van der Waals surface area (Å²) in [5.41, 5.74) is 0. The molecule has 2 atom stereocenters. The van der Waals surface area contributed by atoms with E-state index in [1.54, 1.807) is 0 Å². The fraction of sp³-hybridized carbons (Fsp3) is 1.00. The Kier molecular flexibility index (Phi) is 7.89. The van der Waals surface area contributed by atoms with Crippen molar-refractivity contribution in [2.24, 2.45) is 0 Å². The molecule has 0 aromatic carbocycles. The van der Waals surface area contributed by atoms with Crippen molar-refractivity contribution in [2.45, 2.75) is 96.7 Å². The minimum absolute atomic E-state index is 0.0552. The van der Waals surface area contributed by atoms with Gasteiger partial charge in [-0.15, -0.1) is 0 Å². The first-order valence-electron chi connectivity index (χ1n) is 8.63. The van der Waals surface area contributed by atoms with Gasteiger partial charge in [0.2, 0.25) is 0 Å². The van der Waals surface area contributed by atoms with Crippen LogP contribution in [0.15, 0.2) is 0 Å². The van der Waals surface area contributed by atoms with E-state index in [0.29, 0.717) is 11.1 Å². The SMILES string of the molecule is CC(CCCCOC1CCCCO1)O[Si](C)(C)C(C)(C)C. The number of ether oxygens (including phenoxy) is 2. The molecule has 0 amide bonds. The quantitative estimate of drug-likeness (QED) is 0.460. The van der Waals surface area contributed by atoms with Gasteiger partial charge in [0, 0.05) is 19.3 Å². The Morgan fingerprint density at radius 1 is 1.19 bits per heavy atom. The van der Waals surface area contributed by atoms with Crippen LogP contribution < -0.4 is 0 Å². The van der Waals surface area contributed by atoms with Crippen LogP contribution in [0.5, 0.6) is 0 Å². The van der Waals surface area contributed by atoms with Crippen LogP contribution in [0.1, 0.15) is 66.2 Å². The van der Waals surface area contributed by atoms with Crippen LogP contribution in [-0.2, 0) is 13.9 Å². The van der Waals surface area contributed by atoms with Gasteiger partial charge < -0.3 is 13.9 Å². The van der Waals surface area contributed by atoms with Gasteiger partial charge in [-0.1, -0.05) is 20.8 Å². The van der Waals surface area contributed by atoms with Crippen molar-refractivity contribution >= 4 is 8.32 Å². The first kappa shape index (κ1) is 19.1. The maximum atomic E-state index is 6.37. The van der Waals surface area contributed by atoms with Crippen LogP contribution in [0.3, 0.4) is 0 Å². The molecule has 21 heavy (non-hydrogen) atoms. The second-order valence-corrected chi connectivity index (χ2v) is 12.6. The molecule has 1 heterocycles. The molecule has 2 unspecified atom stereocenters. The predicted molar refractivity (Wildman–Crippen MR) is 91.1 cm³/mol. The maximum Gasteiger partial charge on any atom is 0.192 e. The average molecular weight is 317 g/mol. The Balaban J connectivity index is 2.09. The Morgan fingerprint density at radius 2 is 1.90 bits per heavy atom. The van der Waals surface area contributed by atoms with Crippen LogP contribution in [0.25, 0.3) is 0 Å². The van der Waals surface area contributed by atoms with E-state index in [-0.39, 0.29) is 6.29 Å². The van der Waals surface area contributed by atoms with Gasteiger partial charge in [0.15, 0.2) is 14.6 Å². The molecule has 0 aromatic rings. The molecule has 0 aliphatic carbocycles. The minimum Gasteiger partial charge on any atom is -0.414 e. The number of rotatable bonds is 8. The Morgan fingerprint density at radius 3 is 2.48 bits per heavy atom. The van der Waals surface area contributed by atoms with Gasteiger partial charge in [-0.3, -0.25) is 0 Å². The van der Waals surface area contributed by atoms with E-state index in [9.17, 15) is 0 Å². The molecule has 0 spiro atoms. The summed E-state index contributed by atoms with van der Waals surface area (Å²) in [5.74, 6) is 0. The third-order valence-corrected chi connectivity index (χ3v) is 9.35. The van der Waals surface area contributed by atoms with Gasteiger partial charge in [-0.05, 0) is 63.6 Å². The number of hydrogen-bond donors (Lipinski definition) is 0. The van der Waals surface area contributed by atoms with Crippen LogP contribution in [0.4, 0.5) is 0 Å². The fourth-order valence-electron chi connectivity index (χ4n) is 2.33. The molecule has 4 heteroatoms. The van der Waals surface area contributed by atoms with E-state index in [0.717, 1.165) is 32.5 Å². The lowest BCUT2D eigenvalue weighted by atomic mass is 10.2. The van der Waals surface area contributed by atoms with Crippen LogP contribution >= 0.6 is 0 Å². The molecule has 0 saturated carbocycles. The molecular formula is C17H36O3Si. The van der Waals surface area contributed by atoms with E-state index >= 15 is 0 Å². The number of unbranched alkanes of at least 4 members (excludes halogenated alkanes) is 1. The highest BCUT2D eigenvalue weighted by Gasteiger charge is 2.38. The molecule has 0 bridgehead atoms. The molecule has 126 valence electrons. The van der Waals surface area contributed by atoms with Gasteiger partial charge in [-0.25, -0.2) is 0 Å². The topological polar surface area (TPSA) is 27.7 Å². The van der Waals surface area contributed by atoms with Crippen LogP contribution in [0, 0.1) is 0 Å². The highest BCUT2D eigenvalue weighted by Crippen LogP contribution is 2.37. The highest BCUT2D eigenvalue weighted by molar-refractivity contribution is 6.74. The molecule has 0 radical (unpaired) electrons. The van der Waals surface area contributed by atoms with E-state index in [1.807, 2.05) is 0 Å². The van der Waals surface area contributed by atoms with Crippen molar-refractivity contribution in [3.05, 3.63) is 0 Å². The van der Waals surface area contributed by atoms with E-state index in [1.165, 1.54) is 19.3 Å². The van der Waals surface area contributed by atoms with Crippen molar-refractivity contribution in [3.8, 4) is 0 Å². The Labute approximate surface area is 132 Å². The summed E-state index contributed by atoms with van der Waals surface area (Å²) in [7, 11) is -1.61. The van der Waals surface area contributed by atoms with Gasteiger partial charge in [-0.2, -0.15) is 0 Å². The zero-order valence-corrected chi connectivity index (χ0v) is 16.0. The van der Waals surface area contributed by atoms with Crippen molar-refractivity contribution in [2.75, 3.05) is 13.2 Å². The first-order valence-corrected chi connectivity index (χ1v) is 11.5. The van der Waals surface area contributed by atoms with E-state index in [2.05, 4.69) is 40.8 Å². The maximum absolute atomic E-state index is 6.37. The lowest BCUT2D eigenvalue weighted by Gasteiger charge is -2.38. The molecule has 0 aromatic heterocycles. The third kappa shape index (κ3) is 7.27. The summed E-state index contributed by atoms with van der Waals surface area (Å²) in [5, 5.41) is 0.294. The summed E-state index contributed by atoms with van der Waals surface area (Å²) in [6.07, 6.45) is 7.29. The molecule has 1 fully saturated rings. The molecule has 0 N–H and O–H groups in total. The highest BCUT2D eigenvalue weighted by atomic mass is 28.4. The fourth-order valence-corrected chi connectivity index (χ4v) is 3.81. The molecule has 1 aliphatic rings. The van der Waals surface area contributed by atoms with Gasteiger partial charge in [0.25, 0.3) is 0 Å². The number of hydrogen-bond acceptors (Lipinski definition) is 3. The van der Waals surface area contributed by atoms with Gasteiger partial charge in [0.1, 0.15) is 0 Å². The second-order valence-electron chi connectivity index (χ2n) is 7.85. The zero-order valence-electron chi connectivity index (χ0n) is 15.0. The lowest BCUT2D eigenvalue weighted by Crippen LogP contribution is -2.43. The lowest BCUT2D eigenvalue weighted by molar-refractivity contribution is -0.162. The van der Waals surface area contributed by atoms with Gasteiger partial charge in [0.05, 0.1) is 0 Å². The van der Waals surface area contributed by atoms with Crippen molar-refractivity contribution in [1.29, 1.82) is 0 Å². The summed E-state index contributed by atoms with van der Waals surface area (Å²) in [6, 6.07) is 0. The van der Waals surface area contributed by atoms with Crippen molar-refractivity contribution in [1.82, 2.24) is 0 Å². The average Bonchev–Trinajstić information content (AvgIpc) is 2.37. The summed E-state index contributed by atoms with van der Waals surface area (Å²) in [4.78, 5) is 0. The molecular weight excluding hydrogens is 280 g/mol. The Hall–Kier alpha value is 0.0969. The standard InChI is InChI=1S/C17H36O3Si/c1-15(20-21(5,6)17(2,3)4)11-7-9-13-18-16-12-8-10-14-19-16/h15-16H,7-14H2,1-6H3. The monoisotopic (exact) mass is 316 g/mol. The second kappa shape index (κ2) is 8.66. The summed E-state index contributed by atoms with van der Waals surface area (Å²) >= 11 is 0. The summed E-state index contributed by atoms with van der Waals surface area (Å²) < 4.78 is 17.7. The normalized spacial score (nSPS) is 22.3. The molecule has 1 rings (SSSR count). The van der Waals surface area contributed by atoms with Crippen LogP contribution in [-0.4, -0.2) is 33.9 Å². The molecule has 1 aliphatic heterocycles. The van der Waals surface area contributed by atoms with Crippen LogP contribution in [0.2, 0.25) is 18.1 Å². The minimum atomic E-state index is -1.61.